The number of phenols is 1. The van der Waals surface area contributed by atoms with Crippen molar-refractivity contribution in [3.8, 4) is 5.75 Å². The second-order valence-electron chi connectivity index (χ2n) is 4.11. The number of nitrogens with one attached hydrogen (secondary N) is 1. The predicted octanol–water partition coefficient (Wildman–Crippen LogP) is 2.46. The molecule has 0 saturated carbocycles. The summed E-state index contributed by atoms with van der Waals surface area (Å²) in [5.74, 6) is -0.471. The molecule has 0 aliphatic carbocycles. The number of aromatic hydroxyl groups is 1. The average molecular weight is 243 g/mol. The summed E-state index contributed by atoms with van der Waals surface area (Å²) in [6.07, 6.45) is -0.163. The lowest BCUT2D eigenvalue weighted by atomic mass is 10.1. The Balaban J connectivity index is 2.39. The highest BCUT2D eigenvalue weighted by Crippen LogP contribution is 2.31. The number of phenolic OH excluding ortho intramolecular Hbond substituents is 1. The molecule has 92 valence electrons. The lowest BCUT2D eigenvalue weighted by Gasteiger charge is -2.09. The van der Waals surface area contributed by atoms with Crippen molar-refractivity contribution in [3.63, 3.8) is 0 Å². The molecule has 0 saturated heterocycles. The number of anilines is 1. The molecule has 18 heavy (non-hydrogen) atoms. The van der Waals surface area contributed by atoms with Gasteiger partial charge in [-0.25, -0.2) is 0 Å². The van der Waals surface area contributed by atoms with E-state index in [0.717, 1.165) is 5.39 Å². The van der Waals surface area contributed by atoms with Gasteiger partial charge in [0.25, 0.3) is 0 Å². The Morgan fingerprint density at radius 3 is 2.50 bits per heavy atom. The van der Waals surface area contributed by atoms with Crippen LogP contribution in [0.4, 0.5) is 5.69 Å². The Kier molecular flexibility index (Phi) is 3.28. The number of rotatable bonds is 3. The van der Waals surface area contributed by atoms with Crippen molar-refractivity contribution >= 4 is 28.2 Å². The van der Waals surface area contributed by atoms with Crippen LogP contribution in [0.1, 0.15) is 13.3 Å². The molecular formula is C14H13NO3. The molecule has 0 radical (unpaired) electrons. The van der Waals surface area contributed by atoms with Crippen LogP contribution in [0, 0.1) is 0 Å². The number of ketones is 1. The minimum Gasteiger partial charge on any atom is -0.507 e. The number of carbonyl (C=O) groups excluding carboxylic acids is 2. The van der Waals surface area contributed by atoms with Crippen LogP contribution in [-0.2, 0) is 9.59 Å². The normalized spacial score (nSPS) is 10.3. The first kappa shape index (κ1) is 12.1. The first-order valence-electron chi connectivity index (χ1n) is 5.58. The number of Topliss-reactive ketones (excluding diaryl/α,β-unsaturated/α-hetero) is 1. The molecule has 1 amide bonds. The van der Waals surface area contributed by atoms with Crippen LogP contribution in [0.2, 0.25) is 0 Å². The smallest absolute Gasteiger partial charge is 0.231 e. The Morgan fingerprint density at radius 1 is 1.17 bits per heavy atom. The van der Waals surface area contributed by atoms with Crippen LogP contribution in [0.5, 0.6) is 5.75 Å². The number of hydrogen-bond donors (Lipinski definition) is 2. The molecule has 2 aromatic carbocycles. The van der Waals surface area contributed by atoms with Crippen LogP contribution < -0.4 is 5.32 Å². The zero-order valence-corrected chi connectivity index (χ0v) is 9.93. The Morgan fingerprint density at radius 2 is 1.83 bits per heavy atom. The molecule has 0 spiro atoms. The molecule has 0 heterocycles. The average Bonchev–Trinajstić information content (AvgIpc) is 2.28. The van der Waals surface area contributed by atoms with E-state index in [2.05, 4.69) is 5.32 Å². The Hall–Kier alpha value is -2.36. The van der Waals surface area contributed by atoms with E-state index in [-0.39, 0.29) is 23.9 Å². The standard InChI is InChI=1S/C14H13NO3/c1-9(16)8-13(18)15-11-6-2-4-10-5-3-7-12(17)14(10)11/h2-7,17H,8H2,1H3,(H,15,18). The number of fused-ring (bicyclic) bond motifs is 1. The third-order valence-corrected chi connectivity index (χ3v) is 2.57. The zero-order chi connectivity index (χ0) is 13.1. The summed E-state index contributed by atoms with van der Waals surface area (Å²) in [5, 5.41) is 13.9. The van der Waals surface area contributed by atoms with Gasteiger partial charge in [0.2, 0.25) is 5.91 Å². The number of hydrogen-bond acceptors (Lipinski definition) is 3. The van der Waals surface area contributed by atoms with Gasteiger partial charge in [-0.1, -0.05) is 24.3 Å². The third kappa shape index (κ3) is 2.48. The molecule has 0 aliphatic heterocycles. The van der Waals surface area contributed by atoms with Crippen molar-refractivity contribution in [2.45, 2.75) is 13.3 Å². The summed E-state index contributed by atoms with van der Waals surface area (Å²) in [7, 11) is 0. The van der Waals surface area contributed by atoms with E-state index in [1.165, 1.54) is 6.92 Å². The number of amides is 1. The SMILES string of the molecule is CC(=O)CC(=O)Nc1cccc2cccc(O)c12. The van der Waals surface area contributed by atoms with Gasteiger partial charge in [0.1, 0.15) is 11.5 Å². The minimum atomic E-state index is -0.377. The lowest BCUT2D eigenvalue weighted by molar-refractivity contribution is -0.124. The summed E-state index contributed by atoms with van der Waals surface area (Å²) in [5.41, 5.74) is 0.511. The fourth-order valence-corrected chi connectivity index (χ4v) is 1.85. The molecule has 2 aromatic rings. The van der Waals surface area contributed by atoms with Gasteiger partial charge in [-0.05, 0) is 24.4 Å². The van der Waals surface area contributed by atoms with Crippen molar-refractivity contribution in [2.24, 2.45) is 0 Å². The molecule has 4 nitrogen and oxygen atoms in total. The molecule has 2 N–H and O–H groups in total. The van der Waals surface area contributed by atoms with Crippen molar-refractivity contribution in [1.82, 2.24) is 0 Å². The van der Waals surface area contributed by atoms with Crippen LogP contribution in [-0.4, -0.2) is 16.8 Å². The van der Waals surface area contributed by atoms with Gasteiger partial charge in [0.15, 0.2) is 0 Å². The minimum absolute atomic E-state index is 0.103. The summed E-state index contributed by atoms with van der Waals surface area (Å²) >= 11 is 0. The van der Waals surface area contributed by atoms with Crippen molar-refractivity contribution in [3.05, 3.63) is 36.4 Å². The molecular weight excluding hydrogens is 230 g/mol. The van der Waals surface area contributed by atoms with E-state index in [0.29, 0.717) is 11.1 Å². The summed E-state index contributed by atoms with van der Waals surface area (Å²) in [4.78, 5) is 22.4. The quantitative estimate of drug-likeness (QED) is 0.814. The molecule has 2 rings (SSSR count). The third-order valence-electron chi connectivity index (χ3n) is 2.57. The monoisotopic (exact) mass is 243 g/mol. The maximum Gasteiger partial charge on any atom is 0.231 e. The number of benzene rings is 2. The highest BCUT2D eigenvalue weighted by Gasteiger charge is 2.10. The van der Waals surface area contributed by atoms with E-state index in [9.17, 15) is 14.7 Å². The molecule has 0 atom stereocenters. The van der Waals surface area contributed by atoms with Crippen molar-refractivity contribution in [1.29, 1.82) is 0 Å². The Bertz CT molecular complexity index is 614. The molecule has 0 aromatic heterocycles. The second-order valence-corrected chi connectivity index (χ2v) is 4.11. The van der Waals surface area contributed by atoms with E-state index in [1.807, 2.05) is 12.1 Å². The summed E-state index contributed by atoms with van der Waals surface area (Å²) < 4.78 is 0. The molecule has 0 bridgehead atoms. The highest BCUT2D eigenvalue weighted by atomic mass is 16.3. The summed E-state index contributed by atoms with van der Waals surface area (Å²) in [6, 6.07) is 10.5. The van der Waals surface area contributed by atoms with E-state index in [4.69, 9.17) is 0 Å². The second kappa shape index (κ2) is 4.87. The molecule has 0 unspecified atom stereocenters. The van der Waals surface area contributed by atoms with Crippen LogP contribution in [0.15, 0.2) is 36.4 Å². The van der Waals surface area contributed by atoms with Gasteiger partial charge < -0.3 is 10.4 Å². The fourth-order valence-electron chi connectivity index (χ4n) is 1.85. The van der Waals surface area contributed by atoms with Gasteiger partial charge in [-0.2, -0.15) is 0 Å². The highest BCUT2D eigenvalue weighted by molar-refractivity contribution is 6.09. The molecule has 0 aliphatic rings. The topological polar surface area (TPSA) is 66.4 Å². The molecule has 0 fully saturated rings. The van der Waals surface area contributed by atoms with Gasteiger partial charge in [0.05, 0.1) is 12.1 Å². The predicted molar refractivity (Wildman–Crippen MR) is 69.5 cm³/mol. The van der Waals surface area contributed by atoms with E-state index >= 15 is 0 Å². The fraction of sp³-hybridized carbons (Fsp3) is 0.143. The van der Waals surface area contributed by atoms with Gasteiger partial charge >= 0.3 is 0 Å². The largest absolute Gasteiger partial charge is 0.507 e. The summed E-state index contributed by atoms with van der Waals surface area (Å²) in [6.45, 7) is 1.36. The van der Waals surface area contributed by atoms with E-state index < -0.39 is 0 Å². The zero-order valence-electron chi connectivity index (χ0n) is 9.93. The van der Waals surface area contributed by atoms with Gasteiger partial charge in [0, 0.05) is 5.39 Å². The number of carbonyl (C=O) groups is 2. The lowest BCUT2D eigenvalue weighted by Crippen LogP contribution is -2.14. The van der Waals surface area contributed by atoms with Crippen LogP contribution in [0.25, 0.3) is 10.8 Å². The maximum atomic E-state index is 11.6. The van der Waals surface area contributed by atoms with Gasteiger partial charge in [-0.15, -0.1) is 0 Å². The maximum absolute atomic E-state index is 11.6. The van der Waals surface area contributed by atoms with Crippen molar-refractivity contribution in [2.75, 3.05) is 5.32 Å². The Labute approximate surface area is 104 Å². The first-order valence-corrected chi connectivity index (χ1v) is 5.58. The van der Waals surface area contributed by atoms with Crippen LogP contribution in [0.3, 0.4) is 0 Å². The molecule has 4 heteroatoms. The van der Waals surface area contributed by atoms with Gasteiger partial charge in [-0.3, -0.25) is 9.59 Å². The van der Waals surface area contributed by atoms with Crippen molar-refractivity contribution < 1.29 is 14.7 Å². The van der Waals surface area contributed by atoms with E-state index in [1.54, 1.807) is 24.3 Å². The van der Waals surface area contributed by atoms with Crippen LogP contribution >= 0.6 is 0 Å². The first-order chi connectivity index (χ1) is 8.58.